The lowest BCUT2D eigenvalue weighted by molar-refractivity contribution is -0.113. The number of aromatic nitrogens is 1. The van der Waals surface area contributed by atoms with Gasteiger partial charge in [0.15, 0.2) is 22.4 Å². The fraction of sp³-hybridized carbons (Fsp3) is 0.316. The highest BCUT2D eigenvalue weighted by Gasteiger charge is 2.33. The summed E-state index contributed by atoms with van der Waals surface area (Å²) in [5.41, 5.74) is 1.92. The third kappa shape index (κ3) is 3.79. The van der Waals surface area contributed by atoms with Crippen molar-refractivity contribution in [2.75, 3.05) is 19.0 Å². The molecule has 3 N–H and O–H groups in total. The molecule has 0 fully saturated rings. The zero-order valence-electron chi connectivity index (χ0n) is 16.1. The Labute approximate surface area is 168 Å². The number of rotatable bonds is 5. The van der Waals surface area contributed by atoms with Crippen molar-refractivity contribution in [3.63, 3.8) is 0 Å². The largest absolute Gasteiger partial charge is 0.504 e. The standard InChI is InChI=1S/C19H22N4O4S/c1-5-26-14-9-12(6-7-13(14)24)17-16(11(3)23(4)19(28)21-17)18(25)20-15-8-10(2)27-22-15/h6-9,17,24H,5H2,1-4H3,(H,21,28)(H,20,22,25). The van der Waals surface area contributed by atoms with Crippen molar-refractivity contribution in [1.29, 1.82) is 0 Å². The quantitative estimate of drug-likeness (QED) is 0.657. The van der Waals surface area contributed by atoms with Gasteiger partial charge in [0, 0.05) is 18.8 Å². The molecule has 0 aliphatic carbocycles. The third-order valence-electron chi connectivity index (χ3n) is 4.49. The molecular weight excluding hydrogens is 380 g/mol. The number of nitrogens with one attached hydrogen (secondary N) is 2. The van der Waals surface area contributed by atoms with Gasteiger partial charge in [0.05, 0.1) is 18.2 Å². The van der Waals surface area contributed by atoms with Crippen LogP contribution in [0.25, 0.3) is 0 Å². The van der Waals surface area contributed by atoms with E-state index in [0.717, 1.165) is 5.56 Å². The van der Waals surface area contributed by atoms with E-state index in [9.17, 15) is 9.90 Å². The number of carbonyl (C=O) groups excluding carboxylic acids is 1. The lowest BCUT2D eigenvalue weighted by Crippen LogP contribution is -2.46. The van der Waals surface area contributed by atoms with E-state index in [1.165, 1.54) is 6.07 Å². The van der Waals surface area contributed by atoms with Crippen LogP contribution in [0.5, 0.6) is 11.5 Å². The van der Waals surface area contributed by atoms with E-state index in [-0.39, 0.29) is 11.7 Å². The van der Waals surface area contributed by atoms with Crippen LogP contribution in [0, 0.1) is 6.92 Å². The summed E-state index contributed by atoms with van der Waals surface area (Å²) in [6.45, 7) is 5.81. The van der Waals surface area contributed by atoms with Gasteiger partial charge in [-0.15, -0.1) is 0 Å². The molecule has 0 radical (unpaired) electrons. The van der Waals surface area contributed by atoms with Crippen LogP contribution in [-0.2, 0) is 4.79 Å². The lowest BCUT2D eigenvalue weighted by Gasteiger charge is -2.35. The zero-order valence-corrected chi connectivity index (χ0v) is 16.9. The minimum atomic E-state index is -0.517. The van der Waals surface area contributed by atoms with Gasteiger partial charge in [-0.2, -0.15) is 0 Å². The summed E-state index contributed by atoms with van der Waals surface area (Å²) in [6, 6.07) is 6.09. The number of hydrogen-bond acceptors (Lipinski definition) is 6. The normalized spacial score (nSPS) is 16.8. The van der Waals surface area contributed by atoms with Gasteiger partial charge in [0.1, 0.15) is 5.76 Å². The first kappa shape index (κ1) is 19.7. The molecule has 1 aromatic carbocycles. The first-order valence-electron chi connectivity index (χ1n) is 8.77. The first-order chi connectivity index (χ1) is 13.3. The van der Waals surface area contributed by atoms with E-state index in [1.54, 1.807) is 37.1 Å². The Balaban J connectivity index is 2.01. The third-order valence-corrected chi connectivity index (χ3v) is 4.88. The van der Waals surface area contributed by atoms with Crippen LogP contribution < -0.4 is 15.4 Å². The molecule has 1 aromatic heterocycles. The molecule has 1 amide bonds. The van der Waals surface area contributed by atoms with Crippen LogP contribution in [0.1, 0.15) is 31.2 Å². The van der Waals surface area contributed by atoms with Crippen molar-refractivity contribution in [2.45, 2.75) is 26.8 Å². The van der Waals surface area contributed by atoms with Crippen LogP contribution in [0.4, 0.5) is 5.82 Å². The predicted octanol–water partition coefficient (Wildman–Crippen LogP) is 2.86. The highest BCUT2D eigenvalue weighted by atomic mass is 32.1. The van der Waals surface area contributed by atoms with Crippen LogP contribution >= 0.6 is 12.2 Å². The Morgan fingerprint density at radius 3 is 2.82 bits per heavy atom. The average Bonchev–Trinajstić information content (AvgIpc) is 3.06. The summed E-state index contributed by atoms with van der Waals surface area (Å²) in [7, 11) is 1.79. The maximum Gasteiger partial charge on any atom is 0.257 e. The van der Waals surface area contributed by atoms with Crippen molar-refractivity contribution in [2.24, 2.45) is 0 Å². The smallest absolute Gasteiger partial charge is 0.257 e. The molecule has 1 aliphatic heterocycles. The molecule has 0 bridgehead atoms. The van der Waals surface area contributed by atoms with Crippen LogP contribution in [0.15, 0.2) is 40.1 Å². The Morgan fingerprint density at radius 2 is 2.18 bits per heavy atom. The molecule has 2 heterocycles. The van der Waals surface area contributed by atoms with Gasteiger partial charge in [0.25, 0.3) is 5.91 Å². The number of amides is 1. The second-order valence-corrected chi connectivity index (χ2v) is 6.76. The van der Waals surface area contributed by atoms with Crippen molar-refractivity contribution in [1.82, 2.24) is 15.4 Å². The second-order valence-electron chi connectivity index (χ2n) is 6.38. The number of anilines is 1. The maximum absolute atomic E-state index is 13.1. The summed E-state index contributed by atoms with van der Waals surface area (Å²) >= 11 is 5.41. The van der Waals surface area contributed by atoms with E-state index in [4.69, 9.17) is 21.5 Å². The summed E-state index contributed by atoms with van der Waals surface area (Å²) in [5.74, 6) is 0.973. The van der Waals surface area contributed by atoms with Crippen LogP contribution in [0.3, 0.4) is 0 Å². The van der Waals surface area contributed by atoms with Gasteiger partial charge in [-0.3, -0.25) is 4.79 Å². The number of thiocarbonyl (C=S) groups is 1. The Bertz CT molecular complexity index is 953. The zero-order chi connectivity index (χ0) is 20.4. The summed E-state index contributed by atoms with van der Waals surface area (Å²) in [4.78, 5) is 14.8. The predicted molar refractivity (Wildman–Crippen MR) is 108 cm³/mol. The van der Waals surface area contributed by atoms with Gasteiger partial charge < -0.3 is 29.9 Å². The van der Waals surface area contributed by atoms with E-state index < -0.39 is 6.04 Å². The van der Waals surface area contributed by atoms with Gasteiger partial charge in [-0.1, -0.05) is 11.2 Å². The van der Waals surface area contributed by atoms with E-state index in [1.807, 2.05) is 13.8 Å². The van der Waals surface area contributed by atoms with Crippen molar-refractivity contribution >= 4 is 29.1 Å². The molecule has 1 atom stereocenters. The number of aryl methyl sites for hydroxylation is 1. The number of phenols is 1. The summed E-state index contributed by atoms with van der Waals surface area (Å²) in [6.07, 6.45) is 0. The number of carbonyl (C=O) groups is 1. The molecule has 9 heteroatoms. The SMILES string of the molecule is CCOc1cc(C2NC(=S)N(C)C(C)=C2C(=O)Nc2cc(C)on2)ccc1O. The molecule has 3 rings (SSSR count). The fourth-order valence-corrected chi connectivity index (χ4v) is 3.22. The number of hydrogen-bond donors (Lipinski definition) is 3. The fourth-order valence-electron chi connectivity index (χ4n) is 2.97. The van der Waals surface area contributed by atoms with E-state index >= 15 is 0 Å². The Morgan fingerprint density at radius 1 is 1.43 bits per heavy atom. The molecule has 1 unspecified atom stereocenters. The molecule has 8 nitrogen and oxygen atoms in total. The molecule has 1 aliphatic rings. The molecule has 28 heavy (non-hydrogen) atoms. The number of nitrogens with zero attached hydrogens (tertiary/aromatic N) is 2. The first-order valence-corrected chi connectivity index (χ1v) is 9.18. The van der Waals surface area contributed by atoms with Gasteiger partial charge in [0.2, 0.25) is 0 Å². The van der Waals surface area contributed by atoms with Crippen molar-refractivity contribution in [3.8, 4) is 11.5 Å². The Hall–Kier alpha value is -3.07. The van der Waals surface area contributed by atoms with Crippen LogP contribution in [-0.4, -0.2) is 39.8 Å². The van der Waals surface area contributed by atoms with Crippen molar-refractivity contribution < 1.29 is 19.2 Å². The molecule has 2 aromatic rings. The highest BCUT2D eigenvalue weighted by molar-refractivity contribution is 7.80. The van der Waals surface area contributed by atoms with E-state index in [0.29, 0.717) is 40.3 Å². The minimum absolute atomic E-state index is 0.0332. The molecule has 0 saturated heterocycles. The number of allylic oxidation sites excluding steroid dienone is 1. The number of ether oxygens (including phenoxy) is 1. The highest BCUT2D eigenvalue weighted by Crippen LogP contribution is 2.35. The topological polar surface area (TPSA) is 99.9 Å². The number of phenolic OH excluding ortho intramolecular Hbond substituents is 1. The van der Waals surface area contributed by atoms with Crippen molar-refractivity contribution in [3.05, 3.63) is 46.9 Å². The lowest BCUT2D eigenvalue weighted by atomic mass is 9.94. The number of benzene rings is 1. The minimum Gasteiger partial charge on any atom is -0.504 e. The van der Waals surface area contributed by atoms with Gasteiger partial charge >= 0.3 is 0 Å². The molecule has 0 saturated carbocycles. The average molecular weight is 402 g/mol. The monoisotopic (exact) mass is 402 g/mol. The maximum atomic E-state index is 13.1. The van der Waals surface area contributed by atoms with Crippen LogP contribution in [0.2, 0.25) is 0 Å². The molecular formula is C19H22N4O4S. The van der Waals surface area contributed by atoms with Gasteiger partial charge in [-0.05, 0) is 50.7 Å². The summed E-state index contributed by atoms with van der Waals surface area (Å²) in [5, 5.41) is 20.2. The summed E-state index contributed by atoms with van der Waals surface area (Å²) < 4.78 is 10.5. The van der Waals surface area contributed by atoms with E-state index in [2.05, 4.69) is 15.8 Å². The number of aromatic hydroxyl groups is 1. The molecule has 0 spiro atoms. The molecule has 148 valence electrons. The Kier molecular flexibility index (Phi) is 5.55. The van der Waals surface area contributed by atoms with Gasteiger partial charge in [-0.25, -0.2) is 0 Å². The second kappa shape index (κ2) is 7.89.